The Hall–Kier alpha value is -2.27. The average Bonchev–Trinajstić information content (AvgIpc) is 2.96. The molecule has 0 unspecified atom stereocenters. The summed E-state index contributed by atoms with van der Waals surface area (Å²) < 4.78 is 1.19. The molecule has 0 radical (unpaired) electrons. The maximum atomic E-state index is 11.1. The summed E-state index contributed by atoms with van der Waals surface area (Å²) in [5, 5.41) is 12.0. The van der Waals surface area contributed by atoms with Crippen LogP contribution in [0.1, 0.15) is 23.6 Å². The molecule has 2 aromatic carbocycles. The number of nitrogens with zero attached hydrogens (tertiary/aromatic N) is 2. The van der Waals surface area contributed by atoms with Gasteiger partial charge in [-0.25, -0.2) is 4.98 Å². The molecule has 0 atom stereocenters. The first kappa shape index (κ1) is 14.7. The van der Waals surface area contributed by atoms with E-state index in [2.05, 4.69) is 26.0 Å². The van der Waals surface area contributed by atoms with Gasteiger partial charge in [0.2, 0.25) is 0 Å². The zero-order chi connectivity index (χ0) is 15.9. The molecule has 0 aliphatic carbocycles. The van der Waals surface area contributed by atoms with Gasteiger partial charge in [-0.1, -0.05) is 19.1 Å². The molecule has 1 heterocycles. The fourth-order valence-corrected chi connectivity index (χ4v) is 3.67. The summed E-state index contributed by atoms with van der Waals surface area (Å²) in [6.07, 6.45) is 0.632. The largest absolute Gasteiger partial charge is 0.272 e. The number of aryl methyl sites for hydroxylation is 3. The normalized spacial score (nSPS) is 11.0. The molecule has 0 aliphatic heterocycles. The van der Waals surface area contributed by atoms with Gasteiger partial charge >= 0.3 is 0 Å². The molecule has 22 heavy (non-hydrogen) atoms. The van der Waals surface area contributed by atoms with Crippen molar-refractivity contribution in [3.63, 3.8) is 0 Å². The maximum absolute atomic E-state index is 11.1. The van der Waals surface area contributed by atoms with E-state index in [0.717, 1.165) is 27.2 Å². The Labute approximate surface area is 132 Å². The van der Waals surface area contributed by atoms with Gasteiger partial charge in [0.05, 0.1) is 15.1 Å². The summed E-state index contributed by atoms with van der Waals surface area (Å²) in [5.74, 6) is 0. The minimum Gasteiger partial charge on any atom is -0.258 e. The lowest BCUT2D eigenvalue weighted by Crippen LogP contribution is -1.94. The minimum atomic E-state index is -0.324. The van der Waals surface area contributed by atoms with E-state index >= 15 is 0 Å². The Morgan fingerprint density at radius 2 is 1.91 bits per heavy atom. The summed E-state index contributed by atoms with van der Waals surface area (Å²) in [6, 6.07) is 9.45. The van der Waals surface area contributed by atoms with Crippen molar-refractivity contribution in [1.82, 2.24) is 4.98 Å². The molecule has 0 spiro atoms. The van der Waals surface area contributed by atoms with Crippen LogP contribution in [0, 0.1) is 24.0 Å². The number of benzene rings is 2. The highest BCUT2D eigenvalue weighted by atomic mass is 32.1. The highest BCUT2D eigenvalue weighted by Crippen LogP contribution is 2.35. The minimum absolute atomic E-state index is 0.180. The summed E-state index contributed by atoms with van der Waals surface area (Å²) in [6.45, 7) is 6.06. The van der Waals surface area contributed by atoms with Crippen LogP contribution in [0.5, 0.6) is 0 Å². The van der Waals surface area contributed by atoms with Crippen LogP contribution in [0.25, 0.3) is 20.8 Å². The quantitative estimate of drug-likeness (QED) is 0.502. The highest BCUT2D eigenvalue weighted by Gasteiger charge is 2.16. The lowest BCUT2D eigenvalue weighted by Gasteiger charge is -2.02. The number of thiazole rings is 1. The number of hydrogen-bond acceptors (Lipinski definition) is 4. The van der Waals surface area contributed by atoms with Crippen LogP contribution in [-0.4, -0.2) is 9.91 Å². The number of nitro benzene ring substituents is 1. The molecule has 0 fully saturated rings. The Bertz CT molecular complexity index is 845. The van der Waals surface area contributed by atoms with Gasteiger partial charge in [0.25, 0.3) is 5.69 Å². The number of fused-ring (bicyclic) bond motifs is 1. The molecule has 0 saturated heterocycles. The van der Waals surface area contributed by atoms with Gasteiger partial charge in [-0.3, -0.25) is 10.1 Å². The van der Waals surface area contributed by atoms with Gasteiger partial charge in [-0.2, -0.15) is 0 Å². The summed E-state index contributed by atoms with van der Waals surface area (Å²) in [7, 11) is 0. The molecule has 0 saturated carbocycles. The second-order valence-electron chi connectivity index (χ2n) is 5.35. The molecule has 3 rings (SSSR count). The molecule has 112 valence electrons. The van der Waals surface area contributed by atoms with Crippen molar-refractivity contribution >= 4 is 27.2 Å². The van der Waals surface area contributed by atoms with E-state index in [1.807, 2.05) is 13.0 Å². The summed E-state index contributed by atoms with van der Waals surface area (Å²) in [4.78, 5) is 15.5. The fraction of sp³-hybridized carbons (Fsp3) is 0.235. The van der Waals surface area contributed by atoms with E-state index in [-0.39, 0.29) is 10.6 Å². The van der Waals surface area contributed by atoms with Crippen molar-refractivity contribution in [3.05, 3.63) is 57.1 Å². The van der Waals surface area contributed by atoms with Gasteiger partial charge in [0, 0.05) is 17.2 Å². The average molecular weight is 312 g/mol. The Balaban J connectivity index is 2.17. The van der Waals surface area contributed by atoms with Crippen LogP contribution in [0.15, 0.2) is 30.3 Å². The third kappa shape index (κ3) is 2.37. The first-order valence-electron chi connectivity index (χ1n) is 7.15. The first-order valence-corrected chi connectivity index (χ1v) is 7.97. The van der Waals surface area contributed by atoms with Gasteiger partial charge in [-0.15, -0.1) is 11.3 Å². The van der Waals surface area contributed by atoms with Gasteiger partial charge in [0.1, 0.15) is 5.01 Å². The van der Waals surface area contributed by atoms with Crippen LogP contribution in [0.4, 0.5) is 5.69 Å². The van der Waals surface area contributed by atoms with Crippen molar-refractivity contribution < 1.29 is 4.92 Å². The topological polar surface area (TPSA) is 56.0 Å². The SMILES string of the molecule is CCc1cc(-c2nc3c(C)ccc(C)c3s2)ccc1[N+](=O)[O-]. The second kappa shape index (κ2) is 5.50. The van der Waals surface area contributed by atoms with E-state index in [1.54, 1.807) is 23.5 Å². The predicted molar refractivity (Wildman–Crippen MR) is 90.6 cm³/mol. The van der Waals surface area contributed by atoms with Crippen LogP contribution < -0.4 is 0 Å². The summed E-state index contributed by atoms with van der Waals surface area (Å²) >= 11 is 1.64. The molecule has 5 heteroatoms. The number of aromatic nitrogens is 1. The smallest absolute Gasteiger partial charge is 0.258 e. The van der Waals surface area contributed by atoms with E-state index < -0.39 is 0 Å². The Morgan fingerprint density at radius 1 is 1.18 bits per heavy atom. The number of hydrogen-bond donors (Lipinski definition) is 0. The van der Waals surface area contributed by atoms with Crippen molar-refractivity contribution in [3.8, 4) is 10.6 Å². The first-order chi connectivity index (χ1) is 10.5. The molecule has 0 amide bonds. The molecule has 1 aromatic heterocycles. The van der Waals surface area contributed by atoms with Gasteiger partial charge in [0.15, 0.2) is 0 Å². The highest BCUT2D eigenvalue weighted by molar-refractivity contribution is 7.21. The third-order valence-corrected chi connectivity index (χ3v) is 5.09. The number of rotatable bonds is 3. The van der Waals surface area contributed by atoms with E-state index in [0.29, 0.717) is 6.42 Å². The Morgan fingerprint density at radius 3 is 2.55 bits per heavy atom. The van der Waals surface area contributed by atoms with Crippen molar-refractivity contribution in [2.24, 2.45) is 0 Å². The molecule has 0 N–H and O–H groups in total. The molecular weight excluding hydrogens is 296 g/mol. The maximum Gasteiger partial charge on any atom is 0.272 e. The zero-order valence-electron chi connectivity index (χ0n) is 12.7. The van der Waals surface area contributed by atoms with E-state index in [4.69, 9.17) is 4.98 Å². The van der Waals surface area contributed by atoms with Crippen molar-refractivity contribution in [2.75, 3.05) is 0 Å². The molecular formula is C17H16N2O2S. The van der Waals surface area contributed by atoms with Crippen molar-refractivity contribution in [1.29, 1.82) is 0 Å². The third-order valence-electron chi connectivity index (χ3n) is 3.85. The standard InChI is InChI=1S/C17H16N2O2S/c1-4-12-9-13(7-8-14(12)19(20)21)17-18-15-10(2)5-6-11(3)16(15)22-17/h5-9H,4H2,1-3H3. The second-order valence-corrected chi connectivity index (χ2v) is 6.35. The molecule has 3 aromatic rings. The van der Waals surface area contributed by atoms with Gasteiger partial charge < -0.3 is 0 Å². The molecule has 0 bridgehead atoms. The number of nitro groups is 1. The fourth-order valence-electron chi connectivity index (χ4n) is 2.56. The van der Waals surface area contributed by atoms with Crippen LogP contribution in [0.3, 0.4) is 0 Å². The predicted octanol–water partition coefficient (Wildman–Crippen LogP) is 5.05. The van der Waals surface area contributed by atoms with Crippen LogP contribution >= 0.6 is 11.3 Å². The van der Waals surface area contributed by atoms with E-state index in [9.17, 15) is 10.1 Å². The monoisotopic (exact) mass is 312 g/mol. The Kier molecular flexibility index (Phi) is 3.66. The molecule has 0 aliphatic rings. The lowest BCUT2D eigenvalue weighted by atomic mass is 10.1. The van der Waals surface area contributed by atoms with Crippen molar-refractivity contribution in [2.45, 2.75) is 27.2 Å². The van der Waals surface area contributed by atoms with Crippen LogP contribution in [-0.2, 0) is 6.42 Å². The molecule has 4 nitrogen and oxygen atoms in total. The van der Waals surface area contributed by atoms with Crippen LogP contribution in [0.2, 0.25) is 0 Å². The van der Waals surface area contributed by atoms with Gasteiger partial charge in [-0.05, 0) is 43.5 Å². The van der Waals surface area contributed by atoms with E-state index in [1.165, 1.54) is 10.3 Å². The zero-order valence-corrected chi connectivity index (χ0v) is 13.5. The lowest BCUT2D eigenvalue weighted by molar-refractivity contribution is -0.385. The summed E-state index contributed by atoms with van der Waals surface area (Å²) in [5.41, 5.74) is 5.26.